The number of nitrogens with zero attached hydrogens (tertiary/aromatic N) is 8. The van der Waals surface area contributed by atoms with Gasteiger partial charge in [-0.05, 0) is 55.5 Å². The Kier molecular flexibility index (Phi) is 6.75. The van der Waals surface area contributed by atoms with Crippen LogP contribution < -0.4 is 10.6 Å². The largest absolute Gasteiger partial charge is 0.381 e. The van der Waals surface area contributed by atoms with E-state index in [0.717, 1.165) is 72.5 Å². The Bertz CT molecular complexity index is 1730. The summed E-state index contributed by atoms with van der Waals surface area (Å²) in [6.45, 7) is 4.86. The highest BCUT2D eigenvalue weighted by molar-refractivity contribution is 5.80. The smallest absolute Gasteiger partial charge is 0.225 e. The Morgan fingerprint density at radius 1 is 0.952 bits per heavy atom. The van der Waals surface area contributed by atoms with Crippen molar-refractivity contribution in [3.63, 3.8) is 0 Å². The van der Waals surface area contributed by atoms with E-state index in [4.69, 9.17) is 10.5 Å². The minimum Gasteiger partial charge on any atom is -0.381 e. The second kappa shape index (κ2) is 10.7. The maximum atomic E-state index is 13.4. The Morgan fingerprint density at radius 2 is 1.74 bits per heavy atom. The van der Waals surface area contributed by atoms with E-state index >= 15 is 0 Å². The monoisotopic (exact) mass is 565 g/mol. The second-order valence-corrected chi connectivity index (χ2v) is 11.1. The lowest BCUT2D eigenvalue weighted by Crippen LogP contribution is -2.35. The summed E-state index contributed by atoms with van der Waals surface area (Å²) >= 11 is 0. The maximum Gasteiger partial charge on any atom is 0.225 e. The van der Waals surface area contributed by atoms with E-state index in [0.29, 0.717) is 18.5 Å². The van der Waals surface area contributed by atoms with Crippen LogP contribution in [-0.2, 0) is 10.3 Å². The molecule has 0 bridgehead atoms. The van der Waals surface area contributed by atoms with Gasteiger partial charge in [0.1, 0.15) is 12.1 Å². The first kappa shape index (κ1) is 26.4. The van der Waals surface area contributed by atoms with Gasteiger partial charge in [-0.2, -0.15) is 10.2 Å². The van der Waals surface area contributed by atoms with Crippen molar-refractivity contribution in [2.75, 3.05) is 31.2 Å². The topological polar surface area (TPSA) is 112 Å². The number of nitrogens with two attached hydrogens (primary N) is 1. The van der Waals surface area contributed by atoms with E-state index in [1.165, 1.54) is 17.7 Å². The second-order valence-electron chi connectivity index (χ2n) is 11.1. The first-order valence-corrected chi connectivity index (χ1v) is 14.2. The molecule has 1 saturated heterocycles. The van der Waals surface area contributed by atoms with Crippen LogP contribution in [-0.4, -0.2) is 60.6 Å². The zero-order valence-corrected chi connectivity index (χ0v) is 23.4. The molecular formula is C31H32FN9O. The van der Waals surface area contributed by atoms with Crippen LogP contribution in [0.15, 0.2) is 73.7 Å². The maximum absolute atomic E-state index is 13.4. The molecule has 5 aromatic rings. The third kappa shape index (κ3) is 4.94. The molecular weight excluding hydrogens is 533 g/mol. The van der Waals surface area contributed by atoms with E-state index in [-0.39, 0.29) is 5.82 Å². The Balaban J connectivity index is 1.08. The van der Waals surface area contributed by atoms with E-state index in [1.807, 2.05) is 23.8 Å². The number of halogens is 1. The summed E-state index contributed by atoms with van der Waals surface area (Å²) in [4.78, 5) is 16.0. The molecule has 1 aromatic carbocycles. The van der Waals surface area contributed by atoms with Gasteiger partial charge in [-0.15, -0.1) is 0 Å². The van der Waals surface area contributed by atoms with Gasteiger partial charge < -0.3 is 15.4 Å². The molecule has 214 valence electrons. The number of fused-ring (bicyclic) bond motifs is 1. The van der Waals surface area contributed by atoms with Crippen molar-refractivity contribution in [2.24, 2.45) is 5.73 Å². The van der Waals surface area contributed by atoms with Crippen LogP contribution in [0.5, 0.6) is 0 Å². The quantitative estimate of drug-likeness (QED) is 0.323. The predicted octanol–water partition coefficient (Wildman–Crippen LogP) is 4.39. The van der Waals surface area contributed by atoms with Gasteiger partial charge in [0.25, 0.3) is 0 Å². The summed E-state index contributed by atoms with van der Waals surface area (Å²) in [7, 11) is 0. The molecule has 7 rings (SSSR count). The van der Waals surface area contributed by atoms with Gasteiger partial charge in [0.05, 0.1) is 29.0 Å². The summed E-state index contributed by atoms with van der Waals surface area (Å²) in [5.41, 5.74) is 12.5. The summed E-state index contributed by atoms with van der Waals surface area (Å²) in [5, 5.41) is 9.11. The fraction of sp³-hybridized carbons (Fsp3) is 0.323. The highest BCUT2D eigenvalue weighted by Crippen LogP contribution is 2.31. The molecule has 2 aliphatic rings. The van der Waals surface area contributed by atoms with Crippen LogP contribution in [0.3, 0.4) is 0 Å². The number of benzene rings is 1. The highest BCUT2D eigenvalue weighted by Gasteiger charge is 2.26. The SMILES string of the molecule is C[C@](N)(c1ccc(F)cc1)c1cnc(N2CC=C(c3ncnn4cc(-c5cnn(C6CCOCC6)c5)cc34)CC2)nc1. The summed E-state index contributed by atoms with van der Waals surface area (Å²) in [6.07, 6.45) is 16.1. The summed E-state index contributed by atoms with van der Waals surface area (Å²) in [5.74, 6) is 0.347. The van der Waals surface area contributed by atoms with Gasteiger partial charge >= 0.3 is 0 Å². The van der Waals surface area contributed by atoms with Crippen molar-refractivity contribution in [3.05, 3.63) is 96.4 Å². The van der Waals surface area contributed by atoms with Crippen molar-refractivity contribution in [2.45, 2.75) is 37.8 Å². The van der Waals surface area contributed by atoms with Gasteiger partial charge in [-0.3, -0.25) is 4.68 Å². The van der Waals surface area contributed by atoms with Crippen LogP contribution >= 0.6 is 0 Å². The number of hydrogen-bond donors (Lipinski definition) is 1. The molecule has 42 heavy (non-hydrogen) atoms. The Hall–Kier alpha value is -4.48. The third-order valence-electron chi connectivity index (χ3n) is 8.38. The van der Waals surface area contributed by atoms with Crippen molar-refractivity contribution >= 4 is 17.0 Å². The molecule has 6 heterocycles. The van der Waals surface area contributed by atoms with Crippen LogP contribution in [0, 0.1) is 5.82 Å². The van der Waals surface area contributed by atoms with E-state index in [9.17, 15) is 4.39 Å². The van der Waals surface area contributed by atoms with Gasteiger partial charge in [0, 0.05) is 67.8 Å². The average Bonchev–Trinajstić information content (AvgIpc) is 3.70. The molecule has 0 saturated carbocycles. The zero-order chi connectivity index (χ0) is 28.7. The van der Waals surface area contributed by atoms with Crippen LogP contribution in [0.4, 0.5) is 10.3 Å². The van der Waals surface area contributed by atoms with E-state index in [2.05, 4.69) is 53.1 Å². The predicted molar refractivity (Wildman–Crippen MR) is 157 cm³/mol. The highest BCUT2D eigenvalue weighted by atomic mass is 19.1. The Morgan fingerprint density at radius 3 is 2.48 bits per heavy atom. The molecule has 0 aliphatic carbocycles. The van der Waals surface area contributed by atoms with Gasteiger partial charge in [-0.25, -0.2) is 23.9 Å². The van der Waals surface area contributed by atoms with Crippen molar-refractivity contribution < 1.29 is 9.13 Å². The molecule has 2 aliphatic heterocycles. The average molecular weight is 566 g/mol. The molecule has 0 radical (unpaired) electrons. The summed E-state index contributed by atoms with van der Waals surface area (Å²) in [6, 6.07) is 8.73. The standard InChI is InChI=1S/C31H32FN9O/c1-31(33,24-2-4-26(32)5-3-24)25-16-34-30(35-17-25)39-10-6-21(7-11-39)29-28-14-22(18-41(28)38-20-36-29)23-15-37-40(19-23)27-8-12-42-13-9-27/h2-6,14-20,27H,7-13,33H2,1H3/t31-/m0/s1. The van der Waals surface area contributed by atoms with Gasteiger partial charge in [0.15, 0.2) is 0 Å². The normalized spacial score (nSPS) is 17.8. The lowest BCUT2D eigenvalue weighted by Gasteiger charge is -2.28. The molecule has 11 heteroatoms. The minimum atomic E-state index is -0.834. The van der Waals surface area contributed by atoms with Gasteiger partial charge in [-0.1, -0.05) is 18.2 Å². The van der Waals surface area contributed by atoms with E-state index in [1.54, 1.807) is 30.9 Å². The zero-order valence-electron chi connectivity index (χ0n) is 23.4. The molecule has 2 N–H and O–H groups in total. The number of anilines is 1. The molecule has 0 unspecified atom stereocenters. The van der Waals surface area contributed by atoms with E-state index < -0.39 is 5.54 Å². The fourth-order valence-corrected chi connectivity index (χ4v) is 5.75. The fourth-order valence-electron chi connectivity index (χ4n) is 5.75. The number of hydrogen-bond acceptors (Lipinski definition) is 8. The molecule has 0 amide bonds. The third-order valence-corrected chi connectivity index (χ3v) is 8.38. The van der Waals surface area contributed by atoms with Crippen LogP contribution in [0.2, 0.25) is 0 Å². The van der Waals surface area contributed by atoms with Crippen LogP contribution in [0.25, 0.3) is 22.2 Å². The first-order valence-electron chi connectivity index (χ1n) is 14.2. The molecule has 1 atom stereocenters. The molecule has 4 aromatic heterocycles. The van der Waals surface area contributed by atoms with Crippen molar-refractivity contribution in [1.29, 1.82) is 0 Å². The minimum absolute atomic E-state index is 0.295. The number of aromatic nitrogens is 7. The lowest BCUT2D eigenvalue weighted by atomic mass is 9.87. The molecule has 0 spiro atoms. The summed E-state index contributed by atoms with van der Waals surface area (Å²) < 4.78 is 22.8. The number of ether oxygens (including phenoxy) is 1. The first-order chi connectivity index (χ1) is 20.5. The van der Waals surface area contributed by atoms with Crippen LogP contribution in [0.1, 0.15) is 49.0 Å². The molecule has 1 fully saturated rings. The van der Waals surface area contributed by atoms with Gasteiger partial charge in [0.2, 0.25) is 5.95 Å². The van der Waals surface area contributed by atoms with Crippen molar-refractivity contribution in [3.8, 4) is 11.1 Å². The Labute approximate surface area is 242 Å². The molecule has 10 nitrogen and oxygen atoms in total. The lowest BCUT2D eigenvalue weighted by molar-refractivity contribution is 0.0662. The van der Waals surface area contributed by atoms with Crippen molar-refractivity contribution in [1.82, 2.24) is 34.3 Å². The number of rotatable bonds is 6.